The van der Waals surface area contributed by atoms with E-state index in [-0.39, 0.29) is 0 Å². The number of aliphatic hydroxyl groups is 3. The fourth-order valence-corrected chi connectivity index (χ4v) is 2.05. The summed E-state index contributed by atoms with van der Waals surface area (Å²) in [5, 5.41) is 39.5. The molecule has 5 N–H and O–H groups in total. The fraction of sp³-hybridized carbons (Fsp3) is 0.727. The van der Waals surface area contributed by atoms with Gasteiger partial charge in [0, 0.05) is 13.3 Å². The number of carboxylic acids is 1. The van der Waals surface area contributed by atoms with Crippen LogP contribution in [0.4, 0.5) is 0 Å². The van der Waals surface area contributed by atoms with Gasteiger partial charge in [-0.3, -0.25) is 9.59 Å². The van der Waals surface area contributed by atoms with Crippen molar-refractivity contribution in [1.82, 2.24) is 5.32 Å². The van der Waals surface area contributed by atoms with Gasteiger partial charge >= 0.3 is 5.97 Å². The van der Waals surface area contributed by atoms with Crippen molar-refractivity contribution in [3.8, 4) is 0 Å². The molecule has 1 saturated heterocycles. The molecule has 0 bridgehead atoms. The van der Waals surface area contributed by atoms with Gasteiger partial charge in [-0.25, -0.2) is 4.79 Å². The lowest BCUT2D eigenvalue weighted by atomic mass is 9.90. The molecular formula is C11H17NO8. The molecule has 0 spiro atoms. The number of aliphatic hydroxyl groups excluding tert-OH is 3. The molecule has 9 nitrogen and oxygen atoms in total. The Kier molecular flexibility index (Phi) is 5.57. The van der Waals surface area contributed by atoms with Gasteiger partial charge in [0.25, 0.3) is 0 Å². The first-order valence-corrected chi connectivity index (χ1v) is 5.93. The summed E-state index contributed by atoms with van der Waals surface area (Å²) < 4.78 is 5.19. The zero-order chi connectivity index (χ0) is 15.4. The summed E-state index contributed by atoms with van der Waals surface area (Å²) in [7, 11) is 0. The fourth-order valence-electron chi connectivity index (χ4n) is 2.05. The average molecular weight is 291 g/mol. The first-order chi connectivity index (χ1) is 9.27. The zero-order valence-corrected chi connectivity index (χ0v) is 10.7. The second-order valence-electron chi connectivity index (χ2n) is 4.54. The van der Waals surface area contributed by atoms with E-state index >= 15 is 0 Å². The van der Waals surface area contributed by atoms with Crippen LogP contribution in [0.25, 0.3) is 0 Å². The standard InChI is InChI=1S/C11H17NO8/c1-4(14)12-8-6(2-5(15)11(18)19)20-7(3-13)9(16)10(8)17/h6-10,13,16-17H,2-3H2,1H3,(H,12,14)(H,18,19)/t6-,7+,8+,9+,10+/m0/s1. The van der Waals surface area contributed by atoms with Gasteiger partial charge in [-0.05, 0) is 0 Å². The highest BCUT2D eigenvalue weighted by atomic mass is 16.5. The third kappa shape index (κ3) is 3.73. The van der Waals surface area contributed by atoms with Crippen molar-refractivity contribution in [3.05, 3.63) is 0 Å². The van der Waals surface area contributed by atoms with Crippen LogP contribution in [0.1, 0.15) is 13.3 Å². The zero-order valence-electron chi connectivity index (χ0n) is 10.7. The molecule has 20 heavy (non-hydrogen) atoms. The van der Waals surface area contributed by atoms with Crippen molar-refractivity contribution in [2.45, 2.75) is 43.8 Å². The van der Waals surface area contributed by atoms with Crippen LogP contribution in [-0.2, 0) is 19.1 Å². The number of aliphatic carboxylic acids is 1. The van der Waals surface area contributed by atoms with Crippen molar-refractivity contribution in [3.63, 3.8) is 0 Å². The lowest BCUT2D eigenvalue weighted by Gasteiger charge is -2.42. The van der Waals surface area contributed by atoms with Crippen molar-refractivity contribution in [2.24, 2.45) is 0 Å². The molecule has 1 heterocycles. The Morgan fingerprint density at radius 3 is 2.20 bits per heavy atom. The maximum atomic E-state index is 11.2. The molecule has 114 valence electrons. The van der Waals surface area contributed by atoms with Gasteiger partial charge < -0.3 is 30.5 Å². The molecule has 0 saturated carbocycles. The van der Waals surface area contributed by atoms with E-state index in [0.717, 1.165) is 6.92 Å². The Hall–Kier alpha value is -1.55. The molecule has 1 aliphatic heterocycles. The Bertz CT molecular complexity index is 398. The number of carbonyl (C=O) groups excluding carboxylic acids is 2. The summed E-state index contributed by atoms with van der Waals surface area (Å²) >= 11 is 0. The quantitative estimate of drug-likeness (QED) is 0.336. The van der Waals surface area contributed by atoms with E-state index in [2.05, 4.69) is 5.32 Å². The third-order valence-corrected chi connectivity index (χ3v) is 3.02. The van der Waals surface area contributed by atoms with E-state index in [4.69, 9.17) is 14.9 Å². The van der Waals surface area contributed by atoms with E-state index in [9.17, 15) is 24.6 Å². The molecule has 0 aromatic carbocycles. The van der Waals surface area contributed by atoms with Crippen LogP contribution >= 0.6 is 0 Å². The molecule has 0 aromatic rings. The highest BCUT2D eigenvalue weighted by Crippen LogP contribution is 2.23. The molecule has 1 rings (SSSR count). The monoisotopic (exact) mass is 291 g/mol. The van der Waals surface area contributed by atoms with Gasteiger partial charge in [0.2, 0.25) is 11.7 Å². The van der Waals surface area contributed by atoms with Gasteiger partial charge in [-0.15, -0.1) is 0 Å². The highest BCUT2D eigenvalue weighted by Gasteiger charge is 2.45. The van der Waals surface area contributed by atoms with Crippen LogP contribution in [0, 0.1) is 0 Å². The van der Waals surface area contributed by atoms with Crippen LogP contribution in [0.15, 0.2) is 0 Å². The van der Waals surface area contributed by atoms with E-state index in [1.54, 1.807) is 0 Å². The van der Waals surface area contributed by atoms with Crippen molar-refractivity contribution in [1.29, 1.82) is 0 Å². The van der Waals surface area contributed by atoms with E-state index < -0.39 is 61.1 Å². The van der Waals surface area contributed by atoms with Crippen LogP contribution in [0.2, 0.25) is 0 Å². The van der Waals surface area contributed by atoms with Gasteiger partial charge in [0.05, 0.1) is 18.8 Å². The molecule has 0 unspecified atom stereocenters. The van der Waals surface area contributed by atoms with Gasteiger partial charge in [-0.2, -0.15) is 0 Å². The maximum absolute atomic E-state index is 11.2. The highest BCUT2D eigenvalue weighted by molar-refractivity contribution is 6.32. The van der Waals surface area contributed by atoms with Crippen molar-refractivity contribution >= 4 is 17.7 Å². The molecule has 1 fully saturated rings. The second-order valence-corrected chi connectivity index (χ2v) is 4.54. The Morgan fingerprint density at radius 2 is 1.75 bits per heavy atom. The molecule has 1 aliphatic rings. The molecule has 0 aliphatic carbocycles. The number of hydrogen-bond acceptors (Lipinski definition) is 7. The van der Waals surface area contributed by atoms with Crippen molar-refractivity contribution < 1.29 is 39.5 Å². The summed E-state index contributed by atoms with van der Waals surface area (Å²) in [5.74, 6) is -3.37. The topological polar surface area (TPSA) is 153 Å². The predicted octanol–water partition coefficient (Wildman–Crippen LogP) is -2.98. The van der Waals surface area contributed by atoms with E-state index in [0.29, 0.717) is 0 Å². The molecule has 5 atom stereocenters. The Morgan fingerprint density at radius 1 is 1.15 bits per heavy atom. The molecule has 1 amide bonds. The van der Waals surface area contributed by atoms with Crippen LogP contribution in [0.3, 0.4) is 0 Å². The van der Waals surface area contributed by atoms with Gasteiger partial charge in [0.15, 0.2) is 0 Å². The average Bonchev–Trinajstić information content (AvgIpc) is 2.37. The van der Waals surface area contributed by atoms with Crippen LogP contribution in [0.5, 0.6) is 0 Å². The SMILES string of the molecule is CC(=O)N[C@H]1[C@@H](O)[C@H](O)[C@@H](CO)O[C@H]1CC(=O)C(=O)O. The summed E-state index contributed by atoms with van der Waals surface area (Å²) in [5.41, 5.74) is 0. The minimum absolute atomic E-state index is 0.542. The molecule has 0 radical (unpaired) electrons. The van der Waals surface area contributed by atoms with E-state index in [1.165, 1.54) is 0 Å². The number of rotatable bonds is 5. The number of amides is 1. The number of carbonyl (C=O) groups is 3. The number of carboxylic acid groups (broad SMARTS) is 1. The lowest BCUT2D eigenvalue weighted by Crippen LogP contribution is -2.64. The molecular weight excluding hydrogens is 274 g/mol. The normalized spacial score (nSPS) is 33.5. The van der Waals surface area contributed by atoms with E-state index in [1.807, 2.05) is 0 Å². The Labute approximate surface area is 114 Å². The predicted molar refractivity (Wildman–Crippen MR) is 62.6 cm³/mol. The number of ketones is 1. The lowest BCUT2D eigenvalue weighted by molar-refractivity contribution is -0.197. The van der Waals surface area contributed by atoms with Gasteiger partial charge in [0.1, 0.15) is 18.3 Å². The number of hydrogen-bond donors (Lipinski definition) is 5. The minimum Gasteiger partial charge on any atom is -0.475 e. The summed E-state index contributed by atoms with van der Waals surface area (Å²) in [6, 6.07) is -1.14. The van der Waals surface area contributed by atoms with Crippen LogP contribution in [-0.4, -0.2) is 75.2 Å². The second kappa shape index (κ2) is 6.75. The van der Waals surface area contributed by atoms with Crippen molar-refractivity contribution in [2.75, 3.05) is 6.61 Å². The van der Waals surface area contributed by atoms with Crippen LogP contribution < -0.4 is 5.32 Å². The minimum atomic E-state index is -1.67. The Balaban J connectivity index is 2.91. The molecule has 9 heteroatoms. The summed E-state index contributed by atoms with van der Waals surface area (Å²) in [4.78, 5) is 32.8. The molecule has 0 aromatic heterocycles. The first kappa shape index (κ1) is 16.5. The summed E-state index contributed by atoms with van der Waals surface area (Å²) in [6.45, 7) is 0.538. The smallest absolute Gasteiger partial charge is 0.372 e. The third-order valence-electron chi connectivity index (χ3n) is 3.02. The number of Topliss-reactive ketones (excluding diaryl/α,β-unsaturated/α-hetero) is 1. The first-order valence-electron chi connectivity index (χ1n) is 5.93. The van der Waals surface area contributed by atoms with Gasteiger partial charge in [-0.1, -0.05) is 0 Å². The maximum Gasteiger partial charge on any atom is 0.372 e. The largest absolute Gasteiger partial charge is 0.475 e. The number of nitrogens with one attached hydrogen (secondary N) is 1. The summed E-state index contributed by atoms with van der Waals surface area (Å²) in [6.07, 6.45) is -5.87. The number of ether oxygens (including phenoxy) is 1.